The van der Waals surface area contributed by atoms with Crippen molar-refractivity contribution in [2.24, 2.45) is 0 Å². The molecule has 1 unspecified atom stereocenters. The first-order chi connectivity index (χ1) is 6.91. The van der Waals surface area contributed by atoms with E-state index in [1.807, 2.05) is 13.8 Å². The van der Waals surface area contributed by atoms with Gasteiger partial charge in [-0.05, 0) is 52.0 Å². The number of aliphatic carboxylic acids is 1. The highest BCUT2D eigenvalue weighted by molar-refractivity contribution is 9.10. The van der Waals surface area contributed by atoms with E-state index >= 15 is 0 Å². The molecule has 15 heavy (non-hydrogen) atoms. The molecule has 4 heteroatoms. The minimum Gasteiger partial charge on any atom is -0.507 e. The summed E-state index contributed by atoms with van der Waals surface area (Å²) in [5, 5.41) is 18.2. The highest BCUT2D eigenvalue weighted by atomic mass is 79.9. The average Bonchev–Trinajstić information content (AvgIpc) is 2.09. The van der Waals surface area contributed by atoms with Gasteiger partial charge in [-0.2, -0.15) is 0 Å². The molecule has 0 spiro atoms. The Morgan fingerprint density at radius 2 is 2.13 bits per heavy atom. The first-order valence-corrected chi connectivity index (χ1v) is 5.42. The maximum Gasteiger partial charge on any atom is 0.303 e. The molecule has 0 aromatic heterocycles. The molecule has 1 rings (SSSR count). The Kier molecular flexibility index (Phi) is 3.74. The van der Waals surface area contributed by atoms with Gasteiger partial charge in [0.15, 0.2) is 0 Å². The zero-order valence-electron chi connectivity index (χ0n) is 8.62. The van der Waals surface area contributed by atoms with Crippen LogP contribution in [0.1, 0.15) is 30.4 Å². The second-order valence-corrected chi connectivity index (χ2v) is 4.51. The third kappa shape index (κ3) is 2.96. The van der Waals surface area contributed by atoms with Crippen molar-refractivity contribution in [3.8, 4) is 5.75 Å². The van der Waals surface area contributed by atoms with E-state index < -0.39 is 5.97 Å². The molecule has 0 fully saturated rings. The Balaban J connectivity index is 3.03. The lowest BCUT2D eigenvalue weighted by atomic mass is 9.93. The second-order valence-electron chi connectivity index (χ2n) is 3.66. The van der Waals surface area contributed by atoms with Gasteiger partial charge in [-0.25, -0.2) is 0 Å². The number of carbonyl (C=O) groups is 1. The lowest BCUT2D eigenvalue weighted by Crippen LogP contribution is -2.04. The fourth-order valence-electron chi connectivity index (χ4n) is 1.58. The van der Waals surface area contributed by atoms with Crippen LogP contribution in [0.4, 0.5) is 0 Å². The van der Waals surface area contributed by atoms with Crippen molar-refractivity contribution in [2.75, 3.05) is 0 Å². The number of phenols is 1. The molecule has 1 atom stereocenters. The Morgan fingerprint density at radius 3 is 2.67 bits per heavy atom. The summed E-state index contributed by atoms with van der Waals surface area (Å²) in [5.41, 5.74) is 1.85. The van der Waals surface area contributed by atoms with Gasteiger partial charge in [-0.1, -0.05) is 6.92 Å². The number of aromatic hydroxyl groups is 1. The van der Waals surface area contributed by atoms with Crippen LogP contribution >= 0.6 is 15.9 Å². The topological polar surface area (TPSA) is 57.5 Å². The summed E-state index contributed by atoms with van der Waals surface area (Å²) < 4.78 is 0.631. The quantitative estimate of drug-likeness (QED) is 0.889. The van der Waals surface area contributed by atoms with E-state index in [1.54, 1.807) is 12.1 Å². The highest BCUT2D eigenvalue weighted by Gasteiger charge is 2.14. The summed E-state index contributed by atoms with van der Waals surface area (Å²) in [6.07, 6.45) is 0.0713. The third-order valence-electron chi connectivity index (χ3n) is 2.35. The van der Waals surface area contributed by atoms with Gasteiger partial charge in [0.05, 0.1) is 10.9 Å². The zero-order chi connectivity index (χ0) is 11.6. The van der Waals surface area contributed by atoms with Crippen LogP contribution in [-0.4, -0.2) is 16.2 Å². The van der Waals surface area contributed by atoms with Crippen LogP contribution in [-0.2, 0) is 4.79 Å². The number of halogens is 1. The van der Waals surface area contributed by atoms with Gasteiger partial charge < -0.3 is 10.2 Å². The van der Waals surface area contributed by atoms with Gasteiger partial charge >= 0.3 is 5.97 Å². The average molecular weight is 273 g/mol. The van der Waals surface area contributed by atoms with Crippen LogP contribution in [0.3, 0.4) is 0 Å². The minimum absolute atomic E-state index is 0.0713. The van der Waals surface area contributed by atoms with Gasteiger partial charge in [0.25, 0.3) is 0 Å². The molecule has 0 saturated heterocycles. The van der Waals surface area contributed by atoms with Crippen molar-refractivity contribution in [1.82, 2.24) is 0 Å². The number of hydrogen-bond acceptors (Lipinski definition) is 2. The standard InChI is InChI=1S/C11H13BrO3/c1-6-3-9(12)10(13)5-8(6)7(2)4-11(14)15/h3,5,7,13H,4H2,1-2H3,(H,14,15). The highest BCUT2D eigenvalue weighted by Crippen LogP contribution is 2.32. The van der Waals surface area contributed by atoms with Crippen LogP contribution in [0.15, 0.2) is 16.6 Å². The van der Waals surface area contributed by atoms with E-state index in [2.05, 4.69) is 15.9 Å². The molecular formula is C11H13BrO3. The zero-order valence-corrected chi connectivity index (χ0v) is 10.2. The van der Waals surface area contributed by atoms with Crippen molar-refractivity contribution in [3.63, 3.8) is 0 Å². The smallest absolute Gasteiger partial charge is 0.303 e. The summed E-state index contributed by atoms with van der Waals surface area (Å²) in [4.78, 5) is 10.6. The van der Waals surface area contributed by atoms with Gasteiger partial charge in [-0.15, -0.1) is 0 Å². The normalized spacial score (nSPS) is 12.5. The predicted octanol–water partition coefficient (Wildman–Crippen LogP) is 3.04. The van der Waals surface area contributed by atoms with Crippen molar-refractivity contribution in [1.29, 1.82) is 0 Å². The Bertz CT molecular complexity index is 388. The molecule has 1 aromatic rings. The molecule has 0 amide bonds. The second kappa shape index (κ2) is 4.66. The molecule has 0 aliphatic heterocycles. The predicted molar refractivity (Wildman–Crippen MR) is 61.2 cm³/mol. The van der Waals surface area contributed by atoms with E-state index in [-0.39, 0.29) is 18.1 Å². The van der Waals surface area contributed by atoms with E-state index in [1.165, 1.54) is 0 Å². The fourth-order valence-corrected chi connectivity index (χ4v) is 2.04. The Labute approximate surface area is 96.9 Å². The lowest BCUT2D eigenvalue weighted by molar-refractivity contribution is -0.137. The molecule has 0 aliphatic rings. The fraction of sp³-hybridized carbons (Fsp3) is 0.364. The van der Waals surface area contributed by atoms with E-state index in [0.29, 0.717) is 4.47 Å². The van der Waals surface area contributed by atoms with Crippen molar-refractivity contribution >= 4 is 21.9 Å². The number of aryl methyl sites for hydroxylation is 1. The van der Waals surface area contributed by atoms with Gasteiger partial charge in [0.2, 0.25) is 0 Å². The number of phenolic OH excluding ortho intramolecular Hbond substituents is 1. The number of hydrogen-bond donors (Lipinski definition) is 2. The molecule has 2 N–H and O–H groups in total. The molecular weight excluding hydrogens is 260 g/mol. The number of carboxylic acid groups (broad SMARTS) is 1. The molecule has 0 heterocycles. The maximum atomic E-state index is 10.6. The summed E-state index contributed by atoms with van der Waals surface area (Å²) in [6, 6.07) is 3.41. The van der Waals surface area contributed by atoms with Gasteiger partial charge in [0, 0.05) is 0 Å². The summed E-state index contributed by atoms with van der Waals surface area (Å²) in [6.45, 7) is 3.74. The maximum absolute atomic E-state index is 10.6. The largest absolute Gasteiger partial charge is 0.507 e. The van der Waals surface area contributed by atoms with Crippen molar-refractivity contribution < 1.29 is 15.0 Å². The SMILES string of the molecule is Cc1cc(Br)c(O)cc1C(C)CC(=O)O. The van der Waals surface area contributed by atoms with Crippen molar-refractivity contribution in [2.45, 2.75) is 26.2 Å². The van der Waals surface area contributed by atoms with Crippen LogP contribution in [0, 0.1) is 6.92 Å². The third-order valence-corrected chi connectivity index (χ3v) is 2.98. The molecule has 1 aromatic carbocycles. The Hall–Kier alpha value is -1.03. The van der Waals surface area contributed by atoms with Crippen molar-refractivity contribution in [3.05, 3.63) is 27.7 Å². The van der Waals surface area contributed by atoms with Gasteiger partial charge in [-0.3, -0.25) is 4.79 Å². The molecule has 82 valence electrons. The van der Waals surface area contributed by atoms with E-state index in [4.69, 9.17) is 5.11 Å². The molecule has 0 aliphatic carbocycles. The molecule has 0 radical (unpaired) electrons. The van der Waals surface area contributed by atoms with Gasteiger partial charge in [0.1, 0.15) is 5.75 Å². The van der Waals surface area contributed by atoms with Crippen LogP contribution in [0.2, 0.25) is 0 Å². The molecule has 3 nitrogen and oxygen atoms in total. The first-order valence-electron chi connectivity index (χ1n) is 4.62. The van der Waals surface area contributed by atoms with Crippen LogP contribution in [0.5, 0.6) is 5.75 Å². The summed E-state index contributed by atoms with van der Waals surface area (Å²) in [7, 11) is 0. The molecule has 0 bridgehead atoms. The van der Waals surface area contributed by atoms with Crippen LogP contribution in [0.25, 0.3) is 0 Å². The van der Waals surface area contributed by atoms with E-state index in [9.17, 15) is 9.90 Å². The van der Waals surface area contributed by atoms with Crippen LogP contribution < -0.4 is 0 Å². The van der Waals surface area contributed by atoms with E-state index in [0.717, 1.165) is 11.1 Å². The monoisotopic (exact) mass is 272 g/mol. The number of benzene rings is 1. The minimum atomic E-state index is -0.829. The molecule has 0 saturated carbocycles. The number of rotatable bonds is 3. The number of carboxylic acids is 1. The summed E-state index contributed by atoms with van der Waals surface area (Å²) >= 11 is 3.21. The lowest BCUT2D eigenvalue weighted by Gasteiger charge is -2.13. The Morgan fingerprint density at radius 1 is 1.53 bits per heavy atom. The first kappa shape index (κ1) is 12.0. The summed E-state index contributed by atoms with van der Waals surface area (Å²) in [5.74, 6) is -0.779.